The Morgan fingerprint density at radius 2 is 1.82 bits per heavy atom. The molecule has 10 nitrogen and oxygen atoms in total. The maximum Gasteiger partial charge on any atom is 0.405 e. The highest BCUT2D eigenvalue weighted by Gasteiger charge is 2.51. The molecule has 5 aliphatic rings. The van der Waals surface area contributed by atoms with Gasteiger partial charge in [0.2, 0.25) is 0 Å². The van der Waals surface area contributed by atoms with Gasteiger partial charge in [-0.25, -0.2) is 0 Å². The fourth-order valence-electron chi connectivity index (χ4n) is 7.46. The first-order chi connectivity index (χ1) is 18.1. The van der Waals surface area contributed by atoms with Crippen molar-refractivity contribution in [2.45, 2.75) is 75.1 Å². The van der Waals surface area contributed by atoms with E-state index in [1.54, 1.807) is 14.2 Å². The van der Waals surface area contributed by atoms with Crippen molar-refractivity contribution in [1.29, 1.82) is 10.7 Å². The summed E-state index contributed by atoms with van der Waals surface area (Å²) in [6.07, 6.45) is -0.441. The molecule has 1 saturated carbocycles. The summed E-state index contributed by atoms with van der Waals surface area (Å²) in [5.41, 5.74) is 0. The lowest BCUT2D eigenvalue weighted by molar-refractivity contribution is -0.150. The highest BCUT2D eigenvalue weighted by molar-refractivity contribution is 5.80. The summed E-state index contributed by atoms with van der Waals surface area (Å²) >= 11 is 0. The second-order valence-electron chi connectivity index (χ2n) is 11.8. The molecule has 0 aromatic carbocycles. The Balaban J connectivity index is 1.21. The average molecular weight is 542 g/mol. The summed E-state index contributed by atoms with van der Waals surface area (Å²) in [5.74, 6) is 0.877. The number of ether oxygens (including phenoxy) is 1. The zero-order chi connectivity index (χ0) is 27.2. The van der Waals surface area contributed by atoms with Crippen molar-refractivity contribution < 1.29 is 17.9 Å². The number of rotatable bonds is 5. The molecule has 1 aliphatic carbocycles. The third-order valence-corrected chi connectivity index (χ3v) is 9.63. The van der Waals surface area contributed by atoms with Gasteiger partial charge in [-0.05, 0) is 57.5 Å². The fraction of sp³-hybridized carbons (Fsp3) is 0.920. The summed E-state index contributed by atoms with van der Waals surface area (Å²) < 4.78 is 45.4. The molecule has 0 bridgehead atoms. The van der Waals surface area contributed by atoms with E-state index >= 15 is 0 Å². The van der Waals surface area contributed by atoms with Gasteiger partial charge in [0.25, 0.3) is 0 Å². The summed E-state index contributed by atoms with van der Waals surface area (Å²) in [4.78, 5) is 5.98. The molecule has 0 radical (unpaired) electrons. The first-order valence-corrected chi connectivity index (χ1v) is 13.9. The van der Waals surface area contributed by atoms with Crippen LogP contribution in [0.1, 0.15) is 32.1 Å². The van der Waals surface area contributed by atoms with Crippen molar-refractivity contribution in [2.75, 3.05) is 47.4 Å². The Bertz CT molecular complexity index is 892. The second kappa shape index (κ2) is 11.1. The lowest BCUT2D eigenvalue weighted by Crippen LogP contribution is -2.70. The van der Waals surface area contributed by atoms with Crippen LogP contribution in [0.5, 0.6) is 0 Å². The second-order valence-corrected chi connectivity index (χ2v) is 11.8. The van der Waals surface area contributed by atoms with Gasteiger partial charge in [0.15, 0.2) is 5.96 Å². The largest absolute Gasteiger partial charge is 0.405 e. The van der Waals surface area contributed by atoms with Crippen LogP contribution in [0, 0.1) is 40.4 Å². The maximum absolute atomic E-state index is 13.2. The monoisotopic (exact) mass is 541 g/mol. The van der Waals surface area contributed by atoms with Crippen LogP contribution in [0.3, 0.4) is 0 Å². The highest BCUT2D eigenvalue weighted by Crippen LogP contribution is 2.37. The van der Waals surface area contributed by atoms with E-state index in [9.17, 15) is 18.4 Å². The molecule has 4 heterocycles. The van der Waals surface area contributed by atoms with Crippen molar-refractivity contribution in [1.82, 2.24) is 36.0 Å². The number of halogens is 3. The molecule has 5 fully saturated rings. The number of hydrogen-bond acceptors (Lipinski definition) is 8. The standard InChI is InChI=1S/C25H42F3N9O/c1-35-13-18(25(26,27)28)33-21(35)15-6-4-14(5-7-15)12-37-22-17(36(2)24(37)30)11-32-20(34-22)19-16(10-29)8-9-31-23(19)38-3/h14-23,30-34H,4-9,11-13H2,1-3H3. The number of piperidine rings is 1. The Morgan fingerprint density at radius 3 is 2.45 bits per heavy atom. The molecule has 0 aromatic heterocycles. The molecule has 214 valence electrons. The minimum Gasteiger partial charge on any atom is -0.366 e. The zero-order valence-electron chi connectivity index (χ0n) is 22.5. The van der Waals surface area contributed by atoms with Crippen LogP contribution in [0.15, 0.2) is 0 Å². The van der Waals surface area contributed by atoms with E-state index in [0.717, 1.165) is 45.2 Å². The predicted octanol–water partition coefficient (Wildman–Crippen LogP) is 0.702. The smallest absolute Gasteiger partial charge is 0.366 e. The Hall–Kier alpha value is -1.69. The highest BCUT2D eigenvalue weighted by atomic mass is 19.4. The molecule has 5 rings (SSSR count). The first-order valence-electron chi connectivity index (χ1n) is 13.9. The quantitative estimate of drug-likeness (QED) is 0.343. The molecule has 4 saturated heterocycles. The van der Waals surface area contributed by atoms with Crippen molar-refractivity contribution in [2.24, 2.45) is 23.7 Å². The number of guanidine groups is 1. The van der Waals surface area contributed by atoms with E-state index in [0.29, 0.717) is 18.4 Å². The molecule has 8 atom stereocenters. The molecule has 8 unspecified atom stereocenters. The van der Waals surface area contributed by atoms with Crippen LogP contribution < -0.4 is 21.3 Å². The normalized spacial score (nSPS) is 42.8. The third kappa shape index (κ3) is 5.23. The number of nitrogens with one attached hydrogen (secondary N) is 5. The minimum absolute atomic E-state index is 0.00239. The molecule has 38 heavy (non-hydrogen) atoms. The molecule has 0 aromatic rings. The van der Waals surface area contributed by atoms with Crippen LogP contribution in [0.2, 0.25) is 0 Å². The molecular formula is C25H42F3N9O. The van der Waals surface area contributed by atoms with Crippen molar-refractivity contribution >= 4 is 5.96 Å². The molecule has 13 heteroatoms. The lowest BCUT2D eigenvalue weighted by atomic mass is 9.80. The van der Waals surface area contributed by atoms with Gasteiger partial charge in [-0.2, -0.15) is 18.4 Å². The van der Waals surface area contributed by atoms with Gasteiger partial charge in [-0.3, -0.25) is 31.6 Å². The van der Waals surface area contributed by atoms with E-state index in [-0.39, 0.29) is 55.1 Å². The first kappa shape index (κ1) is 27.9. The van der Waals surface area contributed by atoms with Crippen molar-refractivity contribution in [3.63, 3.8) is 0 Å². The lowest BCUT2D eigenvalue weighted by Gasteiger charge is -2.46. The molecular weight excluding hydrogens is 499 g/mol. The average Bonchev–Trinajstić information content (AvgIpc) is 3.42. The van der Waals surface area contributed by atoms with Gasteiger partial charge in [0.05, 0.1) is 30.4 Å². The number of hydrogen-bond donors (Lipinski definition) is 5. The van der Waals surface area contributed by atoms with Crippen LogP contribution in [0.4, 0.5) is 13.2 Å². The maximum atomic E-state index is 13.2. The van der Waals surface area contributed by atoms with Crippen LogP contribution in [-0.2, 0) is 4.74 Å². The zero-order valence-corrected chi connectivity index (χ0v) is 22.5. The number of likely N-dealkylation sites (N-methyl/N-ethyl adjacent to an activating group) is 2. The van der Waals surface area contributed by atoms with Gasteiger partial charge in [-0.15, -0.1) is 0 Å². The van der Waals surface area contributed by atoms with E-state index in [2.05, 4.69) is 32.2 Å². The summed E-state index contributed by atoms with van der Waals surface area (Å²) in [6, 6.07) is 1.12. The number of nitrogens with zero attached hydrogens (tertiary/aromatic N) is 4. The summed E-state index contributed by atoms with van der Waals surface area (Å²) in [5, 5.41) is 32.2. The summed E-state index contributed by atoms with van der Waals surface area (Å²) in [6.45, 7) is 2.20. The van der Waals surface area contributed by atoms with Gasteiger partial charge in [0, 0.05) is 39.7 Å². The Morgan fingerprint density at radius 1 is 1.08 bits per heavy atom. The van der Waals surface area contributed by atoms with Gasteiger partial charge < -0.3 is 14.5 Å². The van der Waals surface area contributed by atoms with Gasteiger partial charge >= 0.3 is 6.18 Å². The van der Waals surface area contributed by atoms with E-state index in [1.807, 2.05) is 16.8 Å². The fourth-order valence-corrected chi connectivity index (χ4v) is 7.46. The van der Waals surface area contributed by atoms with E-state index in [1.165, 1.54) is 0 Å². The van der Waals surface area contributed by atoms with E-state index in [4.69, 9.17) is 10.1 Å². The number of fused-ring (bicyclic) bond motifs is 1. The van der Waals surface area contributed by atoms with Gasteiger partial charge in [-0.1, -0.05) is 0 Å². The molecule has 0 amide bonds. The van der Waals surface area contributed by atoms with E-state index < -0.39 is 12.2 Å². The number of alkyl halides is 3. The number of methoxy groups -OCH3 is 1. The Kier molecular flexibility index (Phi) is 8.11. The number of nitriles is 1. The molecule has 5 N–H and O–H groups in total. The van der Waals surface area contributed by atoms with Gasteiger partial charge in [0.1, 0.15) is 18.4 Å². The molecule has 0 spiro atoms. The van der Waals surface area contributed by atoms with Crippen molar-refractivity contribution in [3.05, 3.63) is 0 Å². The summed E-state index contributed by atoms with van der Waals surface area (Å²) in [7, 11) is 5.40. The topological polar surface area (TPSA) is 115 Å². The molecule has 4 aliphatic heterocycles. The third-order valence-electron chi connectivity index (χ3n) is 9.63. The van der Waals surface area contributed by atoms with Crippen LogP contribution in [-0.4, -0.2) is 111 Å². The SMILES string of the molecule is COC1NCCC(C#N)C1C1NCC2C(N1)N(CC1CCC(C3NC(C(F)(F)F)CN3C)CC1)C(=N)N2C. The Labute approximate surface area is 223 Å². The van der Waals surface area contributed by atoms with Crippen LogP contribution >= 0.6 is 0 Å². The van der Waals surface area contributed by atoms with Crippen molar-refractivity contribution in [3.8, 4) is 6.07 Å². The minimum atomic E-state index is -4.22. The predicted molar refractivity (Wildman–Crippen MR) is 136 cm³/mol. The van der Waals surface area contributed by atoms with Crippen LogP contribution in [0.25, 0.3) is 0 Å².